The van der Waals surface area contributed by atoms with Crippen LogP contribution < -0.4 is 5.32 Å². The molecule has 5 heteroatoms. The van der Waals surface area contributed by atoms with Gasteiger partial charge in [-0.15, -0.1) is 11.3 Å². The highest BCUT2D eigenvalue weighted by Gasteiger charge is 2.17. The van der Waals surface area contributed by atoms with Gasteiger partial charge in [0, 0.05) is 24.1 Å². The topological polar surface area (TPSA) is 51.5 Å². The molecule has 1 aliphatic rings. The van der Waals surface area contributed by atoms with E-state index in [0.29, 0.717) is 11.4 Å². The van der Waals surface area contributed by atoms with Gasteiger partial charge in [-0.3, -0.25) is 4.79 Å². The molecule has 1 N–H and O–H groups in total. The fraction of sp³-hybridized carbons (Fsp3) is 0.357. The highest BCUT2D eigenvalue weighted by Crippen LogP contribution is 2.25. The maximum absolute atomic E-state index is 12.0. The fourth-order valence-corrected chi connectivity index (χ4v) is 2.94. The maximum atomic E-state index is 12.0. The molecule has 1 fully saturated rings. The molecule has 1 amide bonds. The van der Waals surface area contributed by atoms with Crippen LogP contribution in [0.1, 0.15) is 22.5 Å². The van der Waals surface area contributed by atoms with Crippen LogP contribution >= 0.6 is 11.3 Å². The Morgan fingerprint density at radius 3 is 3.21 bits per heavy atom. The molecule has 1 saturated heterocycles. The van der Waals surface area contributed by atoms with Gasteiger partial charge in [0.05, 0.1) is 17.2 Å². The normalized spacial score (nSPS) is 18.6. The Hall–Kier alpha value is -1.59. The quantitative estimate of drug-likeness (QED) is 0.935. The molecule has 0 aliphatic carbocycles. The van der Waals surface area contributed by atoms with Gasteiger partial charge >= 0.3 is 0 Å². The molecule has 2 aromatic rings. The number of hydrogen-bond acceptors (Lipinski definition) is 4. The van der Waals surface area contributed by atoms with Crippen molar-refractivity contribution in [1.29, 1.82) is 0 Å². The average Bonchev–Trinajstić information content (AvgIpc) is 3.14. The van der Waals surface area contributed by atoms with Crippen molar-refractivity contribution < 1.29 is 13.9 Å². The zero-order chi connectivity index (χ0) is 13.1. The van der Waals surface area contributed by atoms with Crippen molar-refractivity contribution in [2.75, 3.05) is 13.2 Å². The first-order valence-corrected chi connectivity index (χ1v) is 7.23. The first kappa shape index (κ1) is 12.4. The van der Waals surface area contributed by atoms with Gasteiger partial charge in [-0.1, -0.05) is 0 Å². The molecule has 1 atom stereocenters. The Kier molecular flexibility index (Phi) is 3.66. The third kappa shape index (κ3) is 2.88. The second-order valence-corrected chi connectivity index (χ2v) is 5.43. The summed E-state index contributed by atoms with van der Waals surface area (Å²) in [6.07, 6.45) is 3.92. The molecule has 1 aliphatic heterocycles. The van der Waals surface area contributed by atoms with Crippen LogP contribution in [0.25, 0.3) is 11.3 Å². The molecule has 0 unspecified atom stereocenters. The van der Waals surface area contributed by atoms with Crippen molar-refractivity contribution in [3.05, 3.63) is 34.7 Å². The van der Waals surface area contributed by atoms with Crippen molar-refractivity contribution >= 4 is 17.2 Å². The molecule has 19 heavy (non-hydrogen) atoms. The van der Waals surface area contributed by atoms with Crippen molar-refractivity contribution in [1.82, 2.24) is 5.32 Å². The maximum Gasteiger partial charge on any atom is 0.261 e. The number of thiophene rings is 1. The number of ether oxygens (including phenoxy) is 1. The summed E-state index contributed by atoms with van der Waals surface area (Å²) in [4.78, 5) is 12.7. The number of carbonyl (C=O) groups excluding carboxylic acids is 1. The number of nitrogens with one attached hydrogen (secondary N) is 1. The van der Waals surface area contributed by atoms with E-state index in [9.17, 15) is 4.79 Å². The van der Waals surface area contributed by atoms with E-state index in [-0.39, 0.29) is 12.0 Å². The molecule has 3 heterocycles. The lowest BCUT2D eigenvalue weighted by molar-refractivity contribution is 0.0861. The van der Waals surface area contributed by atoms with Gasteiger partial charge in [0.2, 0.25) is 0 Å². The Balaban J connectivity index is 1.60. The molecular formula is C14H15NO3S. The summed E-state index contributed by atoms with van der Waals surface area (Å²) in [6.45, 7) is 1.40. The number of hydrogen-bond donors (Lipinski definition) is 1. The van der Waals surface area contributed by atoms with E-state index in [0.717, 1.165) is 30.8 Å². The van der Waals surface area contributed by atoms with Gasteiger partial charge in [0.25, 0.3) is 5.91 Å². The van der Waals surface area contributed by atoms with E-state index in [4.69, 9.17) is 9.15 Å². The largest absolute Gasteiger partial charge is 0.464 e. The van der Waals surface area contributed by atoms with Crippen molar-refractivity contribution in [3.8, 4) is 11.3 Å². The summed E-state index contributed by atoms with van der Waals surface area (Å²) in [6, 6.07) is 5.58. The average molecular weight is 277 g/mol. The van der Waals surface area contributed by atoms with Crippen LogP contribution in [0.5, 0.6) is 0 Å². The van der Waals surface area contributed by atoms with Crippen molar-refractivity contribution in [2.45, 2.75) is 18.9 Å². The summed E-state index contributed by atoms with van der Waals surface area (Å²) in [5.41, 5.74) is 0.942. The molecule has 0 spiro atoms. The van der Waals surface area contributed by atoms with E-state index in [1.54, 1.807) is 6.26 Å². The number of amides is 1. The lowest BCUT2D eigenvalue weighted by Gasteiger charge is -2.09. The molecule has 0 bridgehead atoms. The predicted molar refractivity (Wildman–Crippen MR) is 73.3 cm³/mol. The summed E-state index contributed by atoms with van der Waals surface area (Å²) >= 11 is 1.43. The zero-order valence-electron chi connectivity index (χ0n) is 10.4. The van der Waals surface area contributed by atoms with Crippen molar-refractivity contribution in [2.24, 2.45) is 0 Å². The molecule has 100 valence electrons. The van der Waals surface area contributed by atoms with Crippen LogP contribution in [0.3, 0.4) is 0 Å². The van der Waals surface area contributed by atoms with Gasteiger partial charge in [0.15, 0.2) is 0 Å². The van der Waals surface area contributed by atoms with Gasteiger partial charge in [-0.2, -0.15) is 0 Å². The molecule has 0 radical (unpaired) electrons. The molecule has 0 saturated carbocycles. The smallest absolute Gasteiger partial charge is 0.261 e. The number of furan rings is 1. The molecule has 4 nitrogen and oxygen atoms in total. The monoisotopic (exact) mass is 277 g/mol. The van der Waals surface area contributed by atoms with Gasteiger partial charge in [0.1, 0.15) is 5.76 Å². The van der Waals surface area contributed by atoms with Gasteiger partial charge < -0.3 is 14.5 Å². The highest BCUT2D eigenvalue weighted by atomic mass is 32.1. The minimum absolute atomic E-state index is 0.0432. The van der Waals surface area contributed by atoms with Crippen LogP contribution in [-0.4, -0.2) is 25.2 Å². The second-order valence-electron chi connectivity index (χ2n) is 4.52. The highest BCUT2D eigenvalue weighted by molar-refractivity contribution is 7.12. The predicted octanol–water partition coefficient (Wildman–Crippen LogP) is 2.92. The van der Waals surface area contributed by atoms with E-state index in [1.165, 1.54) is 11.3 Å². The second kappa shape index (κ2) is 5.59. The third-order valence-corrected chi connectivity index (χ3v) is 4.07. The standard InChI is InChI=1S/C14H15NO3S/c16-14(15-8-11-3-1-5-17-11)13-7-10(9-19-13)12-4-2-6-18-12/h2,4,6-7,9,11H,1,3,5,8H2,(H,15,16)/t11-/m0/s1. The Labute approximate surface area is 115 Å². The van der Waals surface area contributed by atoms with E-state index < -0.39 is 0 Å². The fourth-order valence-electron chi connectivity index (χ4n) is 2.13. The Morgan fingerprint density at radius 2 is 2.47 bits per heavy atom. The van der Waals surface area contributed by atoms with E-state index >= 15 is 0 Å². The SMILES string of the molecule is O=C(NC[C@@H]1CCCO1)c1cc(-c2ccco2)cs1. The number of carbonyl (C=O) groups is 1. The van der Waals surface area contributed by atoms with Gasteiger partial charge in [-0.05, 0) is 31.0 Å². The Morgan fingerprint density at radius 1 is 1.53 bits per heavy atom. The molecule has 0 aromatic carbocycles. The lowest BCUT2D eigenvalue weighted by Crippen LogP contribution is -2.31. The van der Waals surface area contributed by atoms with Crippen LogP contribution in [0, 0.1) is 0 Å². The summed E-state index contributed by atoms with van der Waals surface area (Å²) in [5, 5.41) is 4.85. The minimum Gasteiger partial charge on any atom is -0.464 e. The zero-order valence-corrected chi connectivity index (χ0v) is 11.2. The lowest BCUT2D eigenvalue weighted by atomic mass is 10.2. The Bertz CT molecular complexity index is 541. The van der Waals surface area contributed by atoms with Crippen LogP contribution in [-0.2, 0) is 4.74 Å². The van der Waals surface area contributed by atoms with E-state index in [1.807, 2.05) is 23.6 Å². The van der Waals surface area contributed by atoms with Crippen molar-refractivity contribution in [3.63, 3.8) is 0 Å². The van der Waals surface area contributed by atoms with E-state index in [2.05, 4.69) is 5.32 Å². The summed E-state index contributed by atoms with van der Waals surface area (Å²) in [5.74, 6) is 0.743. The summed E-state index contributed by atoms with van der Waals surface area (Å²) in [7, 11) is 0. The molecule has 2 aromatic heterocycles. The molecule has 3 rings (SSSR count). The first-order chi connectivity index (χ1) is 9.33. The summed E-state index contributed by atoms with van der Waals surface area (Å²) < 4.78 is 10.8. The van der Waals surface area contributed by atoms with Crippen LogP contribution in [0.15, 0.2) is 34.3 Å². The number of rotatable bonds is 4. The molecular weight excluding hydrogens is 262 g/mol. The first-order valence-electron chi connectivity index (χ1n) is 6.35. The van der Waals surface area contributed by atoms with Gasteiger partial charge in [-0.25, -0.2) is 0 Å². The van der Waals surface area contributed by atoms with Crippen LogP contribution in [0.4, 0.5) is 0 Å². The minimum atomic E-state index is -0.0432. The third-order valence-electron chi connectivity index (χ3n) is 3.14. The van der Waals surface area contributed by atoms with Crippen LogP contribution in [0.2, 0.25) is 0 Å².